The molecule has 11 aromatic rings. The van der Waals surface area contributed by atoms with Crippen LogP contribution in [0.2, 0.25) is 0 Å². The molecule has 4 aliphatic rings. The molecule has 0 bridgehead atoms. The minimum atomic E-state index is -1.23. The monoisotopic (exact) mass is 1830 g/mol. The van der Waals surface area contributed by atoms with E-state index in [0.29, 0.717) is 35.0 Å². The number of ether oxygens (including phenoxy) is 1. The highest BCUT2D eigenvalue weighted by Gasteiger charge is 2.54. The lowest BCUT2D eigenvalue weighted by Gasteiger charge is -2.35. The van der Waals surface area contributed by atoms with Crippen molar-refractivity contribution in [1.82, 2.24) is 0 Å². The predicted molar refractivity (Wildman–Crippen MR) is 539 cm³/mol. The van der Waals surface area contributed by atoms with Crippen LogP contribution >= 0.6 is 45.3 Å². The molecule has 0 amide bonds. The standard InChI is InChI=1S/C118H106F4N4O3S4/c1-11-19-25-30-31-36-38-75(17-7)59-81-60-86(61-94-109(104(72-123)125-9)88-66-100(119)102(121)68-90(88)111(94)127)130-113(81)107-70-98-114(132-107)92-64-97-93(65-96(92)117(98,82-51-43-77(44-52-82)39-32-26-20-12-2)83-53-45-78(46-54-83)40-33-27-21-13-3)115-99(118(97,84-55-47-79(48-56-84)41-34-28-22-14-4)85-57-49-80(50-58-85)42-35-29-23-15-5)71-108(133-115)116-106(129-74-76(18-8)37-24-16-6)63-87(131-116)62-95-110(105(73-124)126-10)89-67-101(120)103(122)69-91(89)112(95)128/h1,43-58,60-71,75-76H,12-18,20-24,26-29,32-35,37,39-42,59,74H2,2-8H3/b94-61-,95-62-,109-104+,110-105-. The largest absolute Gasteiger partial charge is 0.492 e. The molecular formula is C118H106F4N4O3S4. The molecule has 0 aliphatic heterocycles. The number of carbonyl (C=O) groups is 2. The Hall–Kier alpha value is -12.6. The summed E-state index contributed by atoms with van der Waals surface area (Å²) in [6.07, 6.45) is 35.2. The molecule has 15 rings (SSSR count). The van der Waals surface area contributed by atoms with E-state index in [9.17, 15) is 20.1 Å². The van der Waals surface area contributed by atoms with Gasteiger partial charge in [-0.25, -0.2) is 37.8 Å². The number of thiophene rings is 4. The van der Waals surface area contributed by atoms with Gasteiger partial charge in [0.15, 0.2) is 34.8 Å². The van der Waals surface area contributed by atoms with Crippen LogP contribution in [0.25, 0.3) is 73.4 Å². The third-order valence-electron chi connectivity index (χ3n) is 26.8. The first-order valence-electron chi connectivity index (χ1n) is 47.2. The minimum Gasteiger partial charge on any atom is -0.492 e. The van der Waals surface area contributed by atoms with Crippen molar-refractivity contribution in [2.45, 2.75) is 226 Å². The fraction of sp³-hybridized carbons (Fsp3) is 0.322. The van der Waals surface area contributed by atoms with Crippen LogP contribution in [-0.4, -0.2) is 18.2 Å². The number of nitriles is 2. The topological polar surface area (TPSA) is 99.7 Å². The molecule has 4 heterocycles. The predicted octanol–water partition coefficient (Wildman–Crippen LogP) is 31.7. The van der Waals surface area contributed by atoms with Crippen molar-refractivity contribution in [2.75, 3.05) is 6.61 Å². The van der Waals surface area contributed by atoms with Gasteiger partial charge in [0, 0.05) is 73.5 Å². The van der Waals surface area contributed by atoms with Gasteiger partial charge in [-0.2, -0.15) is 0 Å². The van der Waals surface area contributed by atoms with Crippen LogP contribution in [0.4, 0.5) is 17.6 Å². The lowest BCUT2D eigenvalue weighted by atomic mass is 9.65. The zero-order valence-corrected chi connectivity index (χ0v) is 79.9. The molecule has 0 N–H and O–H groups in total. The number of terminal acetylenes is 1. The van der Waals surface area contributed by atoms with Crippen LogP contribution in [0.15, 0.2) is 180 Å². The number of fused-ring (bicyclic) bond motifs is 8. The summed E-state index contributed by atoms with van der Waals surface area (Å²) in [5.74, 6) is 14.1. The molecule has 4 aromatic heterocycles. The van der Waals surface area contributed by atoms with E-state index in [2.05, 4.69) is 221 Å². The number of unbranched alkanes of at least 4 members (excludes halogenated alkanes) is 13. The fourth-order valence-electron chi connectivity index (χ4n) is 19.7. The summed E-state index contributed by atoms with van der Waals surface area (Å²) in [7, 11) is 0. The van der Waals surface area contributed by atoms with E-state index in [1.165, 1.54) is 44.9 Å². The lowest BCUT2D eigenvalue weighted by Crippen LogP contribution is -2.30. The Morgan fingerprint density at radius 2 is 0.812 bits per heavy atom. The summed E-state index contributed by atoms with van der Waals surface area (Å²) in [4.78, 5) is 43.8. The van der Waals surface area contributed by atoms with E-state index in [-0.39, 0.29) is 56.4 Å². The van der Waals surface area contributed by atoms with Gasteiger partial charge < -0.3 is 4.74 Å². The molecule has 133 heavy (non-hydrogen) atoms. The zero-order valence-electron chi connectivity index (χ0n) is 76.6. The van der Waals surface area contributed by atoms with Gasteiger partial charge >= 0.3 is 0 Å². The average molecular weight is 1830 g/mol. The van der Waals surface area contributed by atoms with E-state index in [1.54, 1.807) is 34.8 Å². The van der Waals surface area contributed by atoms with E-state index >= 15 is 17.6 Å². The van der Waals surface area contributed by atoms with E-state index < -0.39 is 57.1 Å². The molecule has 0 fully saturated rings. The van der Waals surface area contributed by atoms with E-state index in [4.69, 9.17) is 24.3 Å². The normalized spacial score (nSPS) is 15.0. The number of aryl methyl sites for hydroxylation is 4. The van der Waals surface area contributed by atoms with Gasteiger partial charge in [0.05, 0.1) is 47.6 Å². The zero-order chi connectivity index (χ0) is 93.5. The highest BCUT2D eigenvalue weighted by molar-refractivity contribution is 7.25. The van der Waals surface area contributed by atoms with Crippen molar-refractivity contribution in [3.63, 3.8) is 0 Å². The number of allylic oxidation sites excluding steroid dienone is 6. The summed E-state index contributed by atoms with van der Waals surface area (Å²) >= 11 is 6.33. The number of hydrogen-bond donors (Lipinski definition) is 0. The summed E-state index contributed by atoms with van der Waals surface area (Å²) < 4.78 is 68.8. The van der Waals surface area contributed by atoms with Crippen LogP contribution in [0.3, 0.4) is 0 Å². The van der Waals surface area contributed by atoms with Crippen molar-refractivity contribution in [1.29, 1.82) is 10.5 Å². The minimum absolute atomic E-state index is 0.0163. The number of halogens is 4. The maximum Gasteiger partial charge on any atom is 0.270 e. The summed E-state index contributed by atoms with van der Waals surface area (Å²) in [5, 5.41) is 21.1. The van der Waals surface area contributed by atoms with E-state index in [1.807, 2.05) is 24.3 Å². The number of ketones is 2. The number of benzene rings is 7. The summed E-state index contributed by atoms with van der Waals surface area (Å²) in [5.41, 5.74) is 13.4. The van der Waals surface area contributed by atoms with Crippen molar-refractivity contribution in [3.8, 4) is 106 Å². The average Bonchev–Trinajstić information content (AvgIpc) is 1.50. The number of carbonyl (C=O) groups excluding carboxylic acids is 2. The van der Waals surface area contributed by atoms with Gasteiger partial charge in [0.2, 0.25) is 0 Å². The second-order valence-electron chi connectivity index (χ2n) is 35.3. The van der Waals surface area contributed by atoms with Crippen LogP contribution in [0.5, 0.6) is 5.75 Å². The van der Waals surface area contributed by atoms with Crippen molar-refractivity contribution < 1.29 is 31.9 Å². The maximum absolute atomic E-state index is 15.5. The number of rotatable bonds is 38. The molecule has 0 saturated carbocycles. The van der Waals surface area contributed by atoms with Crippen LogP contribution in [0.1, 0.15) is 297 Å². The van der Waals surface area contributed by atoms with Gasteiger partial charge in [-0.3, -0.25) is 9.59 Å². The first-order valence-corrected chi connectivity index (χ1v) is 50.4. The van der Waals surface area contributed by atoms with E-state index in [0.717, 1.165) is 269 Å². The number of nitrogens with zero attached hydrogens (tertiary/aromatic N) is 4. The lowest BCUT2D eigenvalue weighted by molar-refractivity contribution is 0.103. The molecule has 4 aliphatic carbocycles. The number of Topliss-reactive ketones (excluding diaryl/α,β-unsaturated/α-hetero) is 2. The Labute approximate surface area is 798 Å². The quantitative estimate of drug-likeness (QED) is 0.00958. The Bertz CT molecular complexity index is 6720. The summed E-state index contributed by atoms with van der Waals surface area (Å²) in [6, 6.07) is 58.8. The molecule has 2 unspecified atom stereocenters. The van der Waals surface area contributed by atoms with Gasteiger partial charge in [0.1, 0.15) is 5.75 Å². The SMILES string of the molecule is [C-]#[N+]/C(C#N)=C1\C(=C\c2cc(OCC(CC)CCCC)c(-c3cc4c(s3)-c3cc5c(cc3C4(c3ccc(CCCCCC)cc3)c3ccc(CCCCCC)cc3)-c3sc(-c4sc(/C=C6\C(=O)c7cc(F)c(F)cc7\C6=C(\C#N)[N+]#[C-])cc4CC(C#CC#CC#CC#C)CC)cc3C5(c3ccc(CCCCCC)cc3)c3ccc(CCCCCC)cc3)s2)C(=O)c2cc(F)c(F)cc21. The highest BCUT2D eigenvalue weighted by Crippen LogP contribution is 2.67. The molecule has 7 nitrogen and oxygen atoms in total. The molecule has 0 saturated heterocycles. The first-order chi connectivity index (χ1) is 64.9. The van der Waals surface area contributed by atoms with Gasteiger partial charge in [-0.1, -0.05) is 248 Å². The van der Waals surface area contributed by atoms with Gasteiger partial charge in [-0.05, 0) is 279 Å². The van der Waals surface area contributed by atoms with Crippen molar-refractivity contribution >= 4 is 80.2 Å². The second kappa shape index (κ2) is 43.4. The molecule has 0 radical (unpaired) electrons. The molecule has 668 valence electrons. The second-order valence-corrected chi connectivity index (χ2v) is 39.5. The Morgan fingerprint density at radius 1 is 0.429 bits per heavy atom. The molecular weight excluding hydrogens is 1730 g/mol. The van der Waals surface area contributed by atoms with Crippen LogP contribution in [0, 0.1) is 119 Å². The number of hydrogen-bond acceptors (Lipinski definition) is 9. The Morgan fingerprint density at radius 3 is 1.20 bits per heavy atom. The molecule has 2 atom stereocenters. The summed E-state index contributed by atoms with van der Waals surface area (Å²) in [6.45, 7) is 32.2. The maximum atomic E-state index is 15.5. The highest BCUT2D eigenvalue weighted by atomic mass is 32.1. The Kier molecular flexibility index (Phi) is 31.0. The third kappa shape index (κ3) is 19.2. The van der Waals surface area contributed by atoms with Gasteiger partial charge in [0.25, 0.3) is 11.4 Å². The first kappa shape index (κ1) is 95.0. The van der Waals surface area contributed by atoms with Crippen molar-refractivity contribution in [3.05, 3.63) is 331 Å². The molecule has 15 heteroatoms. The third-order valence-corrected chi connectivity index (χ3v) is 31.7. The van der Waals surface area contributed by atoms with Crippen molar-refractivity contribution in [2.24, 2.45) is 11.8 Å². The fourth-order valence-corrected chi connectivity index (χ4v) is 24.6. The molecule has 0 spiro atoms. The van der Waals surface area contributed by atoms with Crippen LogP contribution < -0.4 is 4.74 Å². The smallest absolute Gasteiger partial charge is 0.270 e. The van der Waals surface area contributed by atoms with Gasteiger partial charge in [-0.15, -0.1) is 51.8 Å². The Balaban J connectivity index is 1.03. The van der Waals surface area contributed by atoms with Crippen LogP contribution in [-0.2, 0) is 42.9 Å². The molecule has 7 aromatic carbocycles.